The highest BCUT2D eigenvalue weighted by Crippen LogP contribution is 2.21. The lowest BCUT2D eigenvalue weighted by atomic mass is 9.90. The van der Waals surface area contributed by atoms with Gasteiger partial charge >= 0.3 is 0 Å². The summed E-state index contributed by atoms with van der Waals surface area (Å²) < 4.78 is 0. The SMILES string of the molecule is CC1=CC(C=O)=CC(C)C1O. The van der Waals surface area contributed by atoms with Crippen LogP contribution < -0.4 is 0 Å². The van der Waals surface area contributed by atoms with Crippen molar-refractivity contribution in [3.8, 4) is 0 Å². The van der Waals surface area contributed by atoms with Gasteiger partial charge in [0.1, 0.15) is 6.29 Å². The minimum atomic E-state index is -0.418. The van der Waals surface area contributed by atoms with Gasteiger partial charge < -0.3 is 5.11 Å². The number of carbonyl (C=O) groups excluding carboxylic acids is 1. The van der Waals surface area contributed by atoms with Crippen LogP contribution in [0.25, 0.3) is 0 Å². The van der Waals surface area contributed by atoms with Gasteiger partial charge in [-0.1, -0.05) is 19.1 Å². The molecule has 0 spiro atoms. The summed E-state index contributed by atoms with van der Waals surface area (Å²) in [6.07, 6.45) is 3.90. The van der Waals surface area contributed by atoms with E-state index in [-0.39, 0.29) is 5.92 Å². The second-order valence-electron chi connectivity index (χ2n) is 2.98. The molecule has 0 fully saturated rings. The van der Waals surface area contributed by atoms with Gasteiger partial charge in [0.15, 0.2) is 0 Å². The van der Waals surface area contributed by atoms with Crippen LogP contribution >= 0.6 is 0 Å². The maximum absolute atomic E-state index is 10.4. The monoisotopic (exact) mass is 152 g/mol. The largest absolute Gasteiger partial charge is 0.388 e. The molecule has 0 aromatic rings. The number of hydrogen-bond donors (Lipinski definition) is 1. The number of aliphatic hydroxyl groups is 1. The van der Waals surface area contributed by atoms with Crippen molar-refractivity contribution in [3.63, 3.8) is 0 Å². The van der Waals surface area contributed by atoms with Crippen LogP contribution in [0.15, 0.2) is 23.3 Å². The second kappa shape index (κ2) is 3.01. The molecular formula is C9H12O2. The predicted octanol–water partition coefficient (Wildman–Crippen LogP) is 1.07. The lowest BCUT2D eigenvalue weighted by Crippen LogP contribution is -2.20. The summed E-state index contributed by atoms with van der Waals surface area (Å²) in [6, 6.07) is 0. The zero-order chi connectivity index (χ0) is 8.43. The zero-order valence-electron chi connectivity index (χ0n) is 6.74. The Bertz CT molecular complexity index is 226. The summed E-state index contributed by atoms with van der Waals surface area (Å²) in [7, 11) is 0. The Morgan fingerprint density at radius 1 is 1.64 bits per heavy atom. The van der Waals surface area contributed by atoms with Crippen molar-refractivity contribution in [2.24, 2.45) is 5.92 Å². The maximum Gasteiger partial charge on any atom is 0.149 e. The van der Waals surface area contributed by atoms with Crippen LogP contribution in [0, 0.1) is 5.92 Å². The smallest absolute Gasteiger partial charge is 0.149 e. The fraction of sp³-hybridized carbons (Fsp3) is 0.444. The zero-order valence-corrected chi connectivity index (χ0v) is 6.74. The molecule has 0 saturated carbocycles. The molecule has 1 aliphatic carbocycles. The maximum atomic E-state index is 10.4. The van der Waals surface area contributed by atoms with Crippen molar-refractivity contribution >= 4 is 6.29 Å². The van der Waals surface area contributed by atoms with E-state index in [0.29, 0.717) is 5.57 Å². The van der Waals surface area contributed by atoms with E-state index in [1.54, 1.807) is 12.2 Å². The van der Waals surface area contributed by atoms with Crippen molar-refractivity contribution in [1.82, 2.24) is 0 Å². The summed E-state index contributed by atoms with van der Waals surface area (Å²) in [6.45, 7) is 3.72. The highest BCUT2D eigenvalue weighted by Gasteiger charge is 2.18. The van der Waals surface area contributed by atoms with Crippen LogP contribution in [-0.2, 0) is 4.79 Å². The Morgan fingerprint density at radius 2 is 2.27 bits per heavy atom. The minimum Gasteiger partial charge on any atom is -0.388 e. The van der Waals surface area contributed by atoms with Gasteiger partial charge in [-0.3, -0.25) is 4.79 Å². The second-order valence-corrected chi connectivity index (χ2v) is 2.98. The standard InChI is InChI=1S/C9H12O2/c1-6-3-8(5-10)4-7(2)9(6)11/h3-6,9,11H,1-2H3. The van der Waals surface area contributed by atoms with E-state index in [9.17, 15) is 9.90 Å². The molecular weight excluding hydrogens is 140 g/mol. The number of carbonyl (C=O) groups is 1. The molecule has 1 rings (SSSR count). The predicted molar refractivity (Wildman–Crippen MR) is 43.1 cm³/mol. The Hall–Kier alpha value is -0.890. The molecule has 0 amide bonds. The topological polar surface area (TPSA) is 37.3 Å². The highest BCUT2D eigenvalue weighted by molar-refractivity contribution is 5.78. The number of aliphatic hydroxyl groups excluding tert-OH is 1. The average molecular weight is 152 g/mol. The molecule has 2 heteroatoms. The third-order valence-corrected chi connectivity index (χ3v) is 1.95. The highest BCUT2D eigenvalue weighted by atomic mass is 16.3. The Morgan fingerprint density at radius 3 is 2.73 bits per heavy atom. The molecule has 1 aliphatic rings. The van der Waals surface area contributed by atoms with Crippen LogP contribution in [0.1, 0.15) is 13.8 Å². The molecule has 0 aromatic heterocycles. The van der Waals surface area contributed by atoms with E-state index in [1.165, 1.54) is 0 Å². The van der Waals surface area contributed by atoms with Gasteiger partial charge in [-0.05, 0) is 12.5 Å². The first-order chi connectivity index (χ1) is 5.15. The van der Waals surface area contributed by atoms with Crippen molar-refractivity contribution in [2.45, 2.75) is 20.0 Å². The van der Waals surface area contributed by atoms with Crippen LogP contribution in [-0.4, -0.2) is 17.5 Å². The molecule has 1 N–H and O–H groups in total. The van der Waals surface area contributed by atoms with Crippen LogP contribution in [0.3, 0.4) is 0 Å². The lowest BCUT2D eigenvalue weighted by Gasteiger charge is -2.20. The molecule has 0 saturated heterocycles. The Labute approximate surface area is 66.2 Å². The lowest BCUT2D eigenvalue weighted by molar-refractivity contribution is -0.104. The van der Waals surface area contributed by atoms with Crippen molar-refractivity contribution in [2.75, 3.05) is 0 Å². The molecule has 2 atom stereocenters. The van der Waals surface area contributed by atoms with E-state index in [4.69, 9.17) is 0 Å². The van der Waals surface area contributed by atoms with Gasteiger partial charge in [-0.15, -0.1) is 0 Å². The summed E-state index contributed by atoms with van der Waals surface area (Å²) in [5.74, 6) is 0.0557. The molecule has 0 heterocycles. The quantitative estimate of drug-likeness (QED) is 0.570. The average Bonchev–Trinajstić information content (AvgIpc) is 1.99. The first kappa shape index (κ1) is 8.21. The minimum absolute atomic E-state index is 0.0557. The Kier molecular flexibility index (Phi) is 2.25. The van der Waals surface area contributed by atoms with Gasteiger partial charge in [0.05, 0.1) is 6.10 Å². The van der Waals surface area contributed by atoms with E-state index in [2.05, 4.69) is 0 Å². The number of allylic oxidation sites excluding steroid dienone is 2. The van der Waals surface area contributed by atoms with E-state index >= 15 is 0 Å². The molecule has 0 aliphatic heterocycles. The number of rotatable bonds is 1. The molecule has 2 unspecified atom stereocenters. The van der Waals surface area contributed by atoms with Gasteiger partial charge in [0.2, 0.25) is 0 Å². The van der Waals surface area contributed by atoms with E-state index in [0.717, 1.165) is 11.9 Å². The van der Waals surface area contributed by atoms with Gasteiger partial charge in [-0.2, -0.15) is 0 Å². The van der Waals surface area contributed by atoms with E-state index < -0.39 is 6.10 Å². The van der Waals surface area contributed by atoms with Crippen molar-refractivity contribution in [1.29, 1.82) is 0 Å². The van der Waals surface area contributed by atoms with Gasteiger partial charge in [-0.25, -0.2) is 0 Å². The first-order valence-corrected chi connectivity index (χ1v) is 3.68. The van der Waals surface area contributed by atoms with Crippen LogP contribution in [0.5, 0.6) is 0 Å². The van der Waals surface area contributed by atoms with Crippen LogP contribution in [0.4, 0.5) is 0 Å². The molecule has 0 aromatic carbocycles. The summed E-state index contributed by atoms with van der Waals surface area (Å²) in [5, 5.41) is 9.43. The molecule has 2 nitrogen and oxygen atoms in total. The first-order valence-electron chi connectivity index (χ1n) is 3.68. The number of aldehydes is 1. The summed E-state index contributed by atoms with van der Waals surface area (Å²) in [4.78, 5) is 10.4. The molecule has 0 radical (unpaired) electrons. The van der Waals surface area contributed by atoms with Gasteiger partial charge in [0.25, 0.3) is 0 Å². The fourth-order valence-corrected chi connectivity index (χ4v) is 1.28. The van der Waals surface area contributed by atoms with Crippen molar-refractivity contribution < 1.29 is 9.90 Å². The molecule has 0 bridgehead atoms. The Balaban J connectivity index is 2.90. The van der Waals surface area contributed by atoms with E-state index in [1.807, 2.05) is 13.8 Å². The third kappa shape index (κ3) is 1.57. The third-order valence-electron chi connectivity index (χ3n) is 1.95. The number of hydrogen-bond acceptors (Lipinski definition) is 2. The molecule has 60 valence electrons. The van der Waals surface area contributed by atoms with Crippen LogP contribution in [0.2, 0.25) is 0 Å². The molecule has 11 heavy (non-hydrogen) atoms. The fourth-order valence-electron chi connectivity index (χ4n) is 1.28. The summed E-state index contributed by atoms with van der Waals surface area (Å²) >= 11 is 0. The normalized spacial score (nSPS) is 30.8. The van der Waals surface area contributed by atoms with Gasteiger partial charge in [0, 0.05) is 11.5 Å². The summed E-state index contributed by atoms with van der Waals surface area (Å²) in [5.41, 5.74) is 1.53. The van der Waals surface area contributed by atoms with Crippen molar-refractivity contribution in [3.05, 3.63) is 23.3 Å².